The van der Waals surface area contributed by atoms with Crippen molar-refractivity contribution in [3.05, 3.63) is 70.3 Å². The molecule has 0 unspecified atom stereocenters. The van der Waals surface area contributed by atoms with Crippen molar-refractivity contribution >= 4 is 56.7 Å². The zero-order valence-electron chi connectivity index (χ0n) is 27.6. The number of thioether (sulfide) groups is 2. The maximum absolute atomic E-state index is 13.5. The van der Waals surface area contributed by atoms with Crippen LogP contribution in [0, 0.1) is 17.8 Å². The lowest BCUT2D eigenvalue weighted by molar-refractivity contribution is -0.0637. The van der Waals surface area contributed by atoms with Crippen LogP contribution in [0.2, 0.25) is 5.02 Å². The van der Waals surface area contributed by atoms with E-state index in [0.717, 1.165) is 73.0 Å². The predicted octanol–water partition coefficient (Wildman–Crippen LogP) is 7.71. The molecule has 2 aromatic carbocycles. The van der Waals surface area contributed by atoms with Crippen LogP contribution in [0.3, 0.4) is 0 Å². The van der Waals surface area contributed by atoms with E-state index in [1.807, 2.05) is 67.9 Å². The number of aryl methyl sites for hydroxylation is 1. The second-order valence-electron chi connectivity index (χ2n) is 13.5. The Morgan fingerprint density at radius 2 is 1.85 bits per heavy atom. The standard InChI is InChI=1S/C36H47ClN2O5S3/c1-24-8-6-16-36(43-3,35-45-18-7-19-46-35)31-14-11-28(31)22-39-17-5-4-9-26-20-30(37)13-10-29(26)23-44-33-15-12-27(21-32(33)39)34(40)38-47(41,42)25(24)2/h6,10,12-13,15-16,20-21,24-25,28,31,35H,4-5,7-9,11,14,17-19,22-23H2,1-3H3,(H,38,40)/b16-6+/t24-,25+,28-,31+,36-/m0/s1. The van der Waals surface area contributed by atoms with Crippen molar-refractivity contribution in [1.82, 2.24) is 4.72 Å². The van der Waals surface area contributed by atoms with E-state index in [1.54, 1.807) is 13.0 Å². The number of rotatable bonds is 2. The Morgan fingerprint density at radius 1 is 1.04 bits per heavy atom. The Labute approximate surface area is 294 Å². The number of amides is 1. The van der Waals surface area contributed by atoms with Gasteiger partial charge in [-0.05, 0) is 123 Å². The van der Waals surface area contributed by atoms with Gasteiger partial charge in [0.2, 0.25) is 10.0 Å². The fraction of sp³-hybridized carbons (Fsp3) is 0.583. The topological polar surface area (TPSA) is 84.9 Å². The van der Waals surface area contributed by atoms with Crippen LogP contribution in [-0.2, 0) is 27.8 Å². The van der Waals surface area contributed by atoms with Crippen molar-refractivity contribution in [1.29, 1.82) is 0 Å². The molecule has 0 spiro atoms. The molecule has 1 N–H and O–H groups in total. The summed E-state index contributed by atoms with van der Waals surface area (Å²) in [4.78, 5) is 15.9. The van der Waals surface area contributed by atoms with Crippen LogP contribution >= 0.6 is 35.1 Å². The molecule has 1 saturated heterocycles. The quantitative estimate of drug-likeness (QED) is 0.316. The molecule has 4 aliphatic rings. The smallest absolute Gasteiger partial charge is 0.264 e. The Kier molecular flexibility index (Phi) is 11.1. The van der Waals surface area contributed by atoms with Gasteiger partial charge in [0, 0.05) is 30.8 Å². The van der Waals surface area contributed by atoms with Crippen LogP contribution in [0.4, 0.5) is 5.69 Å². The maximum atomic E-state index is 13.5. The molecule has 2 aromatic rings. The summed E-state index contributed by atoms with van der Waals surface area (Å²) in [5.74, 6) is 2.81. The summed E-state index contributed by atoms with van der Waals surface area (Å²) >= 11 is 10.4. The first-order valence-corrected chi connectivity index (χ1v) is 20.9. The van der Waals surface area contributed by atoms with Gasteiger partial charge in [0.1, 0.15) is 18.0 Å². The van der Waals surface area contributed by atoms with Gasteiger partial charge in [-0.3, -0.25) is 4.79 Å². The average molecular weight is 719 g/mol. The molecule has 0 radical (unpaired) electrons. The van der Waals surface area contributed by atoms with Gasteiger partial charge in [0.25, 0.3) is 5.91 Å². The lowest BCUT2D eigenvalue weighted by Crippen LogP contribution is -2.55. The molecule has 1 amide bonds. The van der Waals surface area contributed by atoms with Crippen LogP contribution < -0.4 is 14.4 Å². The molecule has 3 heterocycles. The minimum atomic E-state index is -3.93. The Balaban J connectivity index is 1.42. The Hall–Kier alpha value is -1.85. The molecule has 47 heavy (non-hydrogen) atoms. The lowest BCUT2D eigenvalue weighted by Gasteiger charge is -2.53. The van der Waals surface area contributed by atoms with E-state index >= 15 is 0 Å². The third-order valence-electron chi connectivity index (χ3n) is 10.7. The molecule has 7 nitrogen and oxygen atoms in total. The summed E-state index contributed by atoms with van der Waals surface area (Å²) in [6, 6.07) is 11.3. The first-order valence-electron chi connectivity index (χ1n) is 16.9. The highest BCUT2D eigenvalue weighted by molar-refractivity contribution is 8.17. The molecule has 256 valence electrons. The highest BCUT2D eigenvalue weighted by Crippen LogP contribution is 2.53. The zero-order valence-corrected chi connectivity index (χ0v) is 30.8. The normalized spacial score (nSPS) is 31.1. The highest BCUT2D eigenvalue weighted by Gasteiger charge is 2.52. The lowest BCUT2D eigenvalue weighted by atomic mass is 9.64. The van der Waals surface area contributed by atoms with Gasteiger partial charge in [-0.2, -0.15) is 0 Å². The number of ether oxygens (including phenoxy) is 2. The number of sulfonamides is 1. The molecule has 1 aliphatic carbocycles. The van der Waals surface area contributed by atoms with Crippen LogP contribution in [0.5, 0.6) is 5.75 Å². The minimum absolute atomic E-state index is 0.197. The predicted molar refractivity (Wildman–Crippen MR) is 195 cm³/mol. The minimum Gasteiger partial charge on any atom is -0.487 e. The summed E-state index contributed by atoms with van der Waals surface area (Å²) in [7, 11) is -2.07. The van der Waals surface area contributed by atoms with E-state index in [1.165, 1.54) is 12.0 Å². The number of carbonyl (C=O) groups is 1. The Morgan fingerprint density at radius 3 is 2.60 bits per heavy atom. The van der Waals surface area contributed by atoms with E-state index in [-0.39, 0.29) is 10.5 Å². The largest absolute Gasteiger partial charge is 0.487 e. The van der Waals surface area contributed by atoms with Crippen molar-refractivity contribution in [3.63, 3.8) is 0 Å². The van der Waals surface area contributed by atoms with Crippen molar-refractivity contribution in [2.75, 3.05) is 36.6 Å². The molecule has 3 aliphatic heterocycles. The molecule has 6 rings (SSSR count). The van der Waals surface area contributed by atoms with Crippen molar-refractivity contribution in [2.24, 2.45) is 17.8 Å². The number of methoxy groups -OCH3 is 1. The van der Waals surface area contributed by atoms with Gasteiger partial charge in [-0.25, -0.2) is 13.1 Å². The second-order valence-corrected chi connectivity index (χ2v) is 18.7. The van der Waals surface area contributed by atoms with E-state index < -0.39 is 26.8 Å². The van der Waals surface area contributed by atoms with Crippen LogP contribution in [0.25, 0.3) is 0 Å². The molecule has 5 atom stereocenters. The molecular formula is C36H47ClN2O5S3. The fourth-order valence-electron chi connectivity index (χ4n) is 7.43. The van der Waals surface area contributed by atoms with E-state index in [2.05, 4.69) is 21.8 Å². The number of benzene rings is 2. The average Bonchev–Trinajstić information content (AvgIpc) is 3.08. The van der Waals surface area contributed by atoms with Crippen molar-refractivity contribution < 1.29 is 22.7 Å². The third kappa shape index (κ3) is 7.52. The summed E-state index contributed by atoms with van der Waals surface area (Å²) in [6.45, 7) is 5.59. The van der Waals surface area contributed by atoms with Gasteiger partial charge < -0.3 is 14.4 Å². The number of nitrogens with one attached hydrogen (secondary N) is 1. The van der Waals surface area contributed by atoms with Crippen molar-refractivity contribution in [3.8, 4) is 5.75 Å². The Bertz CT molecular complexity index is 1580. The van der Waals surface area contributed by atoms with Crippen LogP contribution in [-0.4, -0.2) is 61.5 Å². The van der Waals surface area contributed by atoms with Gasteiger partial charge in [0.15, 0.2) is 0 Å². The summed E-state index contributed by atoms with van der Waals surface area (Å²) < 4.78 is 42.7. The molecule has 0 aromatic heterocycles. The number of anilines is 1. The molecule has 2 fully saturated rings. The molecule has 11 heteroatoms. The number of hydrogen-bond acceptors (Lipinski definition) is 8. The molecular weight excluding hydrogens is 672 g/mol. The second kappa shape index (κ2) is 15.0. The van der Waals surface area contributed by atoms with Gasteiger partial charge >= 0.3 is 0 Å². The molecule has 1 saturated carbocycles. The number of nitrogens with zero attached hydrogens (tertiary/aromatic N) is 1. The maximum Gasteiger partial charge on any atom is 0.264 e. The van der Waals surface area contributed by atoms with Gasteiger partial charge in [-0.1, -0.05) is 36.7 Å². The summed E-state index contributed by atoms with van der Waals surface area (Å²) in [5, 5.41) is -0.0375. The van der Waals surface area contributed by atoms with Gasteiger partial charge in [0.05, 0.1) is 15.5 Å². The number of halogens is 1. The first-order chi connectivity index (χ1) is 22.6. The number of fused-ring (bicyclic) bond motifs is 3. The fourth-order valence-corrected chi connectivity index (χ4v) is 12.3. The van der Waals surface area contributed by atoms with E-state index in [4.69, 9.17) is 21.1 Å². The van der Waals surface area contributed by atoms with Crippen molar-refractivity contribution in [2.45, 2.75) is 80.8 Å². The first kappa shape index (κ1) is 35.0. The monoisotopic (exact) mass is 718 g/mol. The van der Waals surface area contributed by atoms with Crippen LogP contribution in [0.15, 0.2) is 48.6 Å². The number of hydrogen-bond donors (Lipinski definition) is 1. The SMILES string of the molecule is CO[C@@]1(C2SCCCS2)/C=C/C[C@H](C)[C@@H](C)S(=O)(=O)NC(=O)c2ccc3c(c2)N(CCCCc2cc(Cl)ccc2CO3)C[C@@H]2CC[C@H]21. The number of allylic oxidation sites excluding steroid dienone is 1. The zero-order chi connectivity index (χ0) is 33.2. The van der Waals surface area contributed by atoms with E-state index in [0.29, 0.717) is 36.2 Å². The highest BCUT2D eigenvalue weighted by atomic mass is 35.5. The van der Waals surface area contributed by atoms with Crippen LogP contribution in [0.1, 0.15) is 73.9 Å². The third-order valence-corrected chi connectivity index (χ3v) is 16.0. The van der Waals surface area contributed by atoms with Gasteiger partial charge in [-0.15, -0.1) is 23.5 Å². The summed E-state index contributed by atoms with van der Waals surface area (Å²) in [5.41, 5.74) is 2.97. The number of carbonyl (C=O) groups excluding carboxylic acids is 1. The van der Waals surface area contributed by atoms with E-state index in [9.17, 15) is 13.2 Å². The summed E-state index contributed by atoms with van der Waals surface area (Å²) in [6.07, 6.45) is 11.2. The molecule has 2 bridgehead atoms.